The number of unbranched alkanes of at least 4 members (excludes halogenated alkanes) is 57. The van der Waals surface area contributed by atoms with E-state index in [1.165, 1.54) is 347 Å². The summed E-state index contributed by atoms with van der Waals surface area (Å²) < 4.78 is 6.19. The lowest BCUT2D eigenvalue weighted by atomic mass is 10.0. The Morgan fingerprint density at radius 2 is 0.494 bits per heavy atom. The van der Waals surface area contributed by atoms with E-state index in [9.17, 15) is 9.59 Å². The third-order valence-electron chi connectivity index (χ3n) is 17.4. The van der Waals surface area contributed by atoms with Crippen LogP contribution in [0.3, 0.4) is 0 Å². The van der Waals surface area contributed by atoms with E-state index in [1.54, 1.807) is 18.2 Å². The standard InChI is InChI=1S/C74H140N2O3/c1-4-7-10-13-15-17-19-21-23-25-27-29-31-33-35-37-39-41-43-45-47-49-51-53-55-57-59-61-66-75-73(77)70-64-65-71(72(69-70)79-68-63-12-9-6-3)74(78)76-67-62-60-58-56-54-52-50-48-46-44-42-40-38-36-34-32-30-28-26-24-22-20-18-16-14-11-8-5-2/h64-65,69H,4-63,66-68H2,1-3H3,(H,75,77)(H,76,78). The summed E-state index contributed by atoms with van der Waals surface area (Å²) in [6.45, 7) is 8.74. The fourth-order valence-electron chi connectivity index (χ4n) is 11.9. The molecule has 0 atom stereocenters. The van der Waals surface area contributed by atoms with E-state index >= 15 is 0 Å². The minimum Gasteiger partial charge on any atom is -0.493 e. The molecule has 0 aliphatic heterocycles. The van der Waals surface area contributed by atoms with Gasteiger partial charge in [-0.3, -0.25) is 9.59 Å². The first-order valence-corrected chi connectivity index (χ1v) is 36.5. The molecule has 1 aromatic rings. The van der Waals surface area contributed by atoms with E-state index in [0.717, 1.165) is 38.5 Å². The molecule has 464 valence electrons. The Morgan fingerprint density at radius 1 is 0.278 bits per heavy atom. The predicted molar refractivity (Wildman–Crippen MR) is 351 cm³/mol. The van der Waals surface area contributed by atoms with E-state index in [2.05, 4.69) is 31.4 Å². The third kappa shape index (κ3) is 53.7. The lowest BCUT2D eigenvalue weighted by molar-refractivity contribution is 0.0937. The number of ether oxygens (including phenoxy) is 1. The number of hydrogen-bond donors (Lipinski definition) is 2. The van der Waals surface area contributed by atoms with Crippen molar-refractivity contribution in [1.29, 1.82) is 0 Å². The summed E-state index contributed by atoms with van der Waals surface area (Å²) in [7, 11) is 0. The predicted octanol–water partition coefficient (Wildman–Crippen LogP) is 25.0. The monoisotopic (exact) mass is 1110 g/mol. The van der Waals surface area contributed by atoms with Crippen LogP contribution in [0.4, 0.5) is 0 Å². The quantitative estimate of drug-likeness (QED) is 0.0639. The summed E-state index contributed by atoms with van der Waals surface area (Å²) in [5.41, 5.74) is 1.11. The Balaban J connectivity index is 2.02. The van der Waals surface area contributed by atoms with Crippen molar-refractivity contribution in [3.8, 4) is 5.75 Å². The van der Waals surface area contributed by atoms with Gasteiger partial charge in [0.05, 0.1) is 12.2 Å². The number of nitrogens with one attached hydrogen (secondary N) is 2. The lowest BCUT2D eigenvalue weighted by Gasteiger charge is -2.14. The molecule has 0 unspecified atom stereocenters. The van der Waals surface area contributed by atoms with Gasteiger partial charge in [0.25, 0.3) is 11.8 Å². The van der Waals surface area contributed by atoms with Crippen LogP contribution in [0, 0.1) is 0 Å². The van der Waals surface area contributed by atoms with Crippen molar-refractivity contribution in [2.45, 2.75) is 406 Å². The van der Waals surface area contributed by atoms with Crippen LogP contribution in [0.2, 0.25) is 0 Å². The Kier molecular flexibility index (Phi) is 60.3. The largest absolute Gasteiger partial charge is 0.493 e. The molecule has 0 aliphatic carbocycles. The maximum absolute atomic E-state index is 13.4. The zero-order valence-electron chi connectivity index (χ0n) is 54.0. The maximum atomic E-state index is 13.4. The van der Waals surface area contributed by atoms with Crippen molar-refractivity contribution in [3.05, 3.63) is 29.3 Å². The van der Waals surface area contributed by atoms with Crippen LogP contribution >= 0.6 is 0 Å². The molecule has 0 fully saturated rings. The second kappa shape index (κ2) is 63.5. The van der Waals surface area contributed by atoms with E-state index in [4.69, 9.17) is 4.74 Å². The molecule has 2 N–H and O–H groups in total. The van der Waals surface area contributed by atoms with Crippen molar-refractivity contribution < 1.29 is 14.3 Å². The van der Waals surface area contributed by atoms with Crippen molar-refractivity contribution in [3.63, 3.8) is 0 Å². The summed E-state index contributed by atoms with van der Waals surface area (Å²) in [6.07, 6.45) is 82.8. The molecule has 5 nitrogen and oxygen atoms in total. The van der Waals surface area contributed by atoms with E-state index in [0.29, 0.717) is 36.6 Å². The highest BCUT2D eigenvalue weighted by Gasteiger charge is 2.16. The fraction of sp³-hybridized carbons (Fsp3) is 0.892. The molecule has 0 saturated carbocycles. The number of hydrogen-bond acceptors (Lipinski definition) is 3. The van der Waals surface area contributed by atoms with Gasteiger partial charge < -0.3 is 15.4 Å². The summed E-state index contributed by atoms with van der Waals surface area (Å²) in [6, 6.07) is 5.36. The zero-order valence-corrected chi connectivity index (χ0v) is 54.0. The lowest BCUT2D eigenvalue weighted by Crippen LogP contribution is -2.26. The fourth-order valence-corrected chi connectivity index (χ4v) is 11.9. The molecule has 0 aromatic heterocycles. The van der Waals surface area contributed by atoms with Gasteiger partial charge in [-0.1, -0.05) is 387 Å². The van der Waals surface area contributed by atoms with E-state index < -0.39 is 0 Å². The van der Waals surface area contributed by atoms with Crippen LogP contribution in [0.1, 0.15) is 427 Å². The molecule has 1 rings (SSSR count). The second-order valence-corrected chi connectivity index (χ2v) is 25.2. The van der Waals surface area contributed by atoms with Crippen LogP contribution in [0.15, 0.2) is 18.2 Å². The van der Waals surface area contributed by atoms with Gasteiger partial charge in [-0.05, 0) is 37.5 Å². The minimum atomic E-state index is -0.101. The van der Waals surface area contributed by atoms with Crippen molar-refractivity contribution in [2.24, 2.45) is 0 Å². The molecule has 2 amide bonds. The van der Waals surface area contributed by atoms with Crippen LogP contribution < -0.4 is 15.4 Å². The Bertz CT molecular complexity index is 1380. The van der Waals surface area contributed by atoms with Crippen LogP contribution in [-0.4, -0.2) is 31.5 Å². The zero-order chi connectivity index (χ0) is 56.7. The molecule has 5 heteroatoms. The highest BCUT2D eigenvalue weighted by atomic mass is 16.5. The Hall–Kier alpha value is -2.04. The minimum absolute atomic E-state index is 0.0799. The molecule has 79 heavy (non-hydrogen) atoms. The number of carbonyl (C=O) groups is 2. The molecule has 0 radical (unpaired) electrons. The normalized spacial score (nSPS) is 11.5. The van der Waals surface area contributed by atoms with Gasteiger partial charge in [-0.15, -0.1) is 0 Å². The first kappa shape index (κ1) is 75.0. The van der Waals surface area contributed by atoms with Gasteiger partial charge >= 0.3 is 0 Å². The van der Waals surface area contributed by atoms with Gasteiger partial charge in [0, 0.05) is 18.7 Å². The van der Waals surface area contributed by atoms with Crippen LogP contribution in [-0.2, 0) is 0 Å². The third-order valence-corrected chi connectivity index (χ3v) is 17.4. The van der Waals surface area contributed by atoms with Crippen LogP contribution in [0.25, 0.3) is 0 Å². The number of amides is 2. The Labute approximate surface area is 495 Å². The molecular formula is C74H140N2O3. The van der Waals surface area contributed by atoms with Gasteiger partial charge in [-0.25, -0.2) is 0 Å². The van der Waals surface area contributed by atoms with Crippen molar-refractivity contribution in [1.82, 2.24) is 10.6 Å². The molecule has 0 heterocycles. The molecule has 1 aromatic carbocycles. The van der Waals surface area contributed by atoms with E-state index in [-0.39, 0.29) is 11.8 Å². The SMILES string of the molecule is CCCCCCCCCCCCCCCCCCCCCCCCCCCCCCNC(=O)c1ccc(C(=O)NCCCCCCCCCCCCCCCCCCCCCCCCCCCCCC)c(OCCCCCC)c1. The molecule has 0 aliphatic rings. The van der Waals surface area contributed by atoms with Gasteiger partial charge in [0.15, 0.2) is 0 Å². The summed E-state index contributed by atoms with van der Waals surface area (Å²) in [4.78, 5) is 26.5. The van der Waals surface area contributed by atoms with Crippen molar-refractivity contribution >= 4 is 11.8 Å². The van der Waals surface area contributed by atoms with Gasteiger partial charge in [0.1, 0.15) is 5.75 Å². The topological polar surface area (TPSA) is 67.4 Å². The molecule has 0 spiro atoms. The summed E-state index contributed by atoms with van der Waals surface area (Å²) >= 11 is 0. The molecule has 0 saturated heterocycles. The van der Waals surface area contributed by atoms with Crippen LogP contribution in [0.5, 0.6) is 5.75 Å². The first-order valence-electron chi connectivity index (χ1n) is 36.5. The summed E-state index contributed by atoms with van der Waals surface area (Å²) in [5, 5.41) is 6.28. The molecule has 0 bridgehead atoms. The highest BCUT2D eigenvalue weighted by molar-refractivity contribution is 6.00. The summed E-state index contributed by atoms with van der Waals surface area (Å²) in [5.74, 6) is 0.350. The number of benzene rings is 1. The average Bonchev–Trinajstić information content (AvgIpc) is 3.47. The van der Waals surface area contributed by atoms with Crippen molar-refractivity contribution in [2.75, 3.05) is 19.7 Å². The van der Waals surface area contributed by atoms with Gasteiger partial charge in [0.2, 0.25) is 0 Å². The number of rotatable bonds is 66. The smallest absolute Gasteiger partial charge is 0.255 e. The average molecular weight is 1110 g/mol. The first-order chi connectivity index (χ1) is 39.1. The Morgan fingerprint density at radius 3 is 0.747 bits per heavy atom. The highest BCUT2D eigenvalue weighted by Crippen LogP contribution is 2.23. The maximum Gasteiger partial charge on any atom is 0.255 e. The molecular weight excluding hydrogens is 965 g/mol. The van der Waals surface area contributed by atoms with Gasteiger partial charge in [-0.2, -0.15) is 0 Å². The number of carbonyl (C=O) groups excluding carboxylic acids is 2. The van der Waals surface area contributed by atoms with E-state index in [1.807, 2.05) is 0 Å². The second-order valence-electron chi connectivity index (χ2n) is 25.2.